The molecule has 3 aromatic rings. The molecular weight excluding hydrogens is 346 g/mol. The molecule has 0 spiro atoms. The van der Waals surface area contributed by atoms with E-state index in [4.69, 9.17) is 4.42 Å². The number of rotatable bonds is 6. The fourth-order valence-corrected chi connectivity index (χ4v) is 3.13. The Morgan fingerprint density at radius 2 is 1.88 bits per heavy atom. The molecule has 0 aliphatic rings. The third-order valence-electron chi connectivity index (χ3n) is 4.06. The molecule has 2 aromatic carbocycles. The van der Waals surface area contributed by atoms with Crippen molar-refractivity contribution in [2.45, 2.75) is 37.7 Å². The first-order valence-corrected chi connectivity index (χ1v) is 9.40. The average molecular weight is 367 g/mol. The fraction of sp³-hybridized carbons (Fsp3) is 0.250. The highest BCUT2D eigenvalue weighted by atomic mass is 32.2. The second-order valence-corrected chi connectivity index (χ2v) is 7.28. The predicted molar refractivity (Wildman–Crippen MR) is 104 cm³/mol. The quantitative estimate of drug-likeness (QED) is 0.638. The summed E-state index contributed by atoms with van der Waals surface area (Å²) in [7, 11) is 0. The highest BCUT2D eigenvalue weighted by Gasteiger charge is 2.19. The SMILES string of the molecule is CCc1ccc(NC(=O)C(C)Sc2nnc(-c3ccccc3C)o2)cc1. The number of aryl methyl sites for hydroxylation is 2. The van der Waals surface area contributed by atoms with E-state index in [0.29, 0.717) is 11.1 Å². The van der Waals surface area contributed by atoms with Gasteiger partial charge in [-0.3, -0.25) is 4.79 Å². The first kappa shape index (κ1) is 18.2. The Morgan fingerprint density at radius 3 is 2.58 bits per heavy atom. The summed E-state index contributed by atoms with van der Waals surface area (Å²) in [6, 6.07) is 15.7. The van der Waals surface area contributed by atoms with Crippen molar-refractivity contribution in [3.05, 3.63) is 59.7 Å². The van der Waals surface area contributed by atoms with Crippen LogP contribution in [0.5, 0.6) is 0 Å². The predicted octanol–water partition coefficient (Wildman–Crippen LogP) is 4.73. The van der Waals surface area contributed by atoms with E-state index in [1.807, 2.05) is 62.4 Å². The summed E-state index contributed by atoms with van der Waals surface area (Å²) >= 11 is 1.25. The molecule has 0 bridgehead atoms. The summed E-state index contributed by atoms with van der Waals surface area (Å²) in [6.07, 6.45) is 0.973. The Kier molecular flexibility index (Phi) is 5.73. The lowest BCUT2D eigenvalue weighted by molar-refractivity contribution is -0.115. The maximum absolute atomic E-state index is 12.4. The molecule has 0 radical (unpaired) electrons. The molecule has 6 heteroatoms. The Hall–Kier alpha value is -2.60. The van der Waals surface area contributed by atoms with Gasteiger partial charge in [0.15, 0.2) is 0 Å². The molecule has 1 unspecified atom stereocenters. The molecule has 1 aromatic heterocycles. The zero-order valence-electron chi connectivity index (χ0n) is 15.0. The number of amides is 1. The lowest BCUT2D eigenvalue weighted by Crippen LogP contribution is -2.22. The van der Waals surface area contributed by atoms with Crippen LogP contribution < -0.4 is 5.32 Å². The van der Waals surface area contributed by atoms with Gasteiger partial charge in [0.1, 0.15) is 0 Å². The van der Waals surface area contributed by atoms with Crippen LogP contribution in [-0.2, 0) is 11.2 Å². The molecule has 0 saturated heterocycles. The van der Waals surface area contributed by atoms with Crippen LogP contribution >= 0.6 is 11.8 Å². The van der Waals surface area contributed by atoms with Gasteiger partial charge in [-0.05, 0) is 49.6 Å². The van der Waals surface area contributed by atoms with E-state index in [-0.39, 0.29) is 11.2 Å². The lowest BCUT2D eigenvalue weighted by Gasteiger charge is -2.10. The fourth-order valence-electron chi connectivity index (χ4n) is 2.45. The normalized spacial score (nSPS) is 12.0. The van der Waals surface area contributed by atoms with Crippen molar-refractivity contribution in [2.75, 3.05) is 5.32 Å². The maximum atomic E-state index is 12.4. The molecule has 3 rings (SSSR count). The van der Waals surface area contributed by atoms with Crippen molar-refractivity contribution >= 4 is 23.4 Å². The summed E-state index contributed by atoms with van der Waals surface area (Å²) in [4.78, 5) is 12.4. The zero-order valence-corrected chi connectivity index (χ0v) is 15.8. The van der Waals surface area contributed by atoms with Crippen LogP contribution in [0.4, 0.5) is 5.69 Å². The number of nitrogens with one attached hydrogen (secondary N) is 1. The topological polar surface area (TPSA) is 68.0 Å². The van der Waals surface area contributed by atoms with E-state index in [1.165, 1.54) is 17.3 Å². The highest BCUT2D eigenvalue weighted by molar-refractivity contribution is 8.00. The minimum Gasteiger partial charge on any atom is -0.411 e. The zero-order chi connectivity index (χ0) is 18.5. The third kappa shape index (κ3) is 4.32. The van der Waals surface area contributed by atoms with Crippen molar-refractivity contribution in [3.63, 3.8) is 0 Å². The first-order chi connectivity index (χ1) is 12.6. The smallest absolute Gasteiger partial charge is 0.277 e. The molecule has 1 heterocycles. The van der Waals surface area contributed by atoms with Crippen molar-refractivity contribution in [1.82, 2.24) is 10.2 Å². The number of aromatic nitrogens is 2. The Balaban J connectivity index is 1.63. The van der Waals surface area contributed by atoms with E-state index >= 15 is 0 Å². The van der Waals surface area contributed by atoms with Gasteiger partial charge in [0.2, 0.25) is 11.8 Å². The number of hydrogen-bond acceptors (Lipinski definition) is 5. The van der Waals surface area contributed by atoms with Gasteiger partial charge in [0.25, 0.3) is 5.22 Å². The van der Waals surface area contributed by atoms with Crippen molar-refractivity contribution in [1.29, 1.82) is 0 Å². The number of carbonyl (C=O) groups excluding carboxylic acids is 1. The Morgan fingerprint density at radius 1 is 1.15 bits per heavy atom. The summed E-state index contributed by atoms with van der Waals surface area (Å²) in [6.45, 7) is 5.91. The van der Waals surface area contributed by atoms with Crippen LogP contribution in [-0.4, -0.2) is 21.4 Å². The molecule has 0 fully saturated rings. The number of benzene rings is 2. The van der Waals surface area contributed by atoms with Gasteiger partial charge in [-0.1, -0.05) is 49.0 Å². The van der Waals surface area contributed by atoms with Gasteiger partial charge >= 0.3 is 0 Å². The molecule has 134 valence electrons. The van der Waals surface area contributed by atoms with Crippen molar-refractivity contribution < 1.29 is 9.21 Å². The molecule has 0 saturated carbocycles. The van der Waals surface area contributed by atoms with E-state index in [2.05, 4.69) is 22.4 Å². The lowest BCUT2D eigenvalue weighted by atomic mass is 10.1. The average Bonchev–Trinajstić information content (AvgIpc) is 3.11. The van der Waals surface area contributed by atoms with Gasteiger partial charge in [-0.25, -0.2) is 0 Å². The van der Waals surface area contributed by atoms with Gasteiger partial charge in [-0.2, -0.15) is 0 Å². The van der Waals surface area contributed by atoms with Crippen LogP contribution in [0.25, 0.3) is 11.5 Å². The van der Waals surface area contributed by atoms with Crippen LogP contribution in [0.1, 0.15) is 25.0 Å². The largest absolute Gasteiger partial charge is 0.411 e. The minimum absolute atomic E-state index is 0.102. The summed E-state index contributed by atoms with van der Waals surface area (Å²) in [5.41, 5.74) is 3.99. The molecule has 26 heavy (non-hydrogen) atoms. The second-order valence-electron chi connectivity index (χ2n) is 5.99. The van der Waals surface area contributed by atoms with Gasteiger partial charge < -0.3 is 9.73 Å². The van der Waals surface area contributed by atoms with Crippen LogP contribution in [0.15, 0.2) is 58.2 Å². The molecular formula is C20H21N3O2S. The van der Waals surface area contributed by atoms with Crippen LogP contribution in [0.3, 0.4) is 0 Å². The van der Waals surface area contributed by atoms with Gasteiger partial charge in [-0.15, -0.1) is 10.2 Å². The standard InChI is InChI=1S/C20H21N3O2S/c1-4-15-9-11-16(12-10-15)21-18(24)14(3)26-20-23-22-19(25-20)17-8-6-5-7-13(17)2/h5-12,14H,4H2,1-3H3,(H,21,24). The Labute approximate surface area is 157 Å². The van der Waals surface area contributed by atoms with Gasteiger partial charge in [0.05, 0.1) is 5.25 Å². The number of anilines is 1. The first-order valence-electron chi connectivity index (χ1n) is 8.52. The molecule has 1 amide bonds. The summed E-state index contributed by atoms with van der Waals surface area (Å²) in [5.74, 6) is 0.364. The van der Waals surface area contributed by atoms with E-state index < -0.39 is 0 Å². The molecule has 5 nitrogen and oxygen atoms in total. The highest BCUT2D eigenvalue weighted by Crippen LogP contribution is 2.28. The van der Waals surface area contributed by atoms with E-state index in [9.17, 15) is 4.79 Å². The number of carbonyl (C=O) groups is 1. The van der Waals surface area contributed by atoms with Crippen LogP contribution in [0.2, 0.25) is 0 Å². The number of nitrogens with zero attached hydrogens (tertiary/aromatic N) is 2. The van der Waals surface area contributed by atoms with E-state index in [1.54, 1.807) is 0 Å². The number of hydrogen-bond donors (Lipinski definition) is 1. The van der Waals surface area contributed by atoms with E-state index in [0.717, 1.165) is 23.2 Å². The molecule has 0 aliphatic heterocycles. The minimum atomic E-state index is -0.356. The van der Waals surface area contributed by atoms with Crippen LogP contribution in [0, 0.1) is 6.92 Å². The molecule has 0 aliphatic carbocycles. The molecule has 1 atom stereocenters. The second kappa shape index (κ2) is 8.19. The molecule has 1 N–H and O–H groups in total. The van der Waals surface area contributed by atoms with Gasteiger partial charge in [0, 0.05) is 11.3 Å². The third-order valence-corrected chi connectivity index (χ3v) is 4.99. The van der Waals surface area contributed by atoms with Crippen molar-refractivity contribution in [3.8, 4) is 11.5 Å². The summed E-state index contributed by atoms with van der Waals surface area (Å²) in [5, 5.41) is 11.1. The Bertz CT molecular complexity index is 890. The number of thioether (sulfide) groups is 1. The summed E-state index contributed by atoms with van der Waals surface area (Å²) < 4.78 is 5.71. The maximum Gasteiger partial charge on any atom is 0.277 e. The van der Waals surface area contributed by atoms with Crippen molar-refractivity contribution in [2.24, 2.45) is 0 Å². The monoisotopic (exact) mass is 367 g/mol.